The number of benzene rings is 1. The van der Waals surface area contributed by atoms with Crippen molar-refractivity contribution in [3.05, 3.63) is 30.5 Å². The van der Waals surface area contributed by atoms with Gasteiger partial charge in [-0.25, -0.2) is 0 Å². The van der Waals surface area contributed by atoms with Gasteiger partial charge < -0.3 is 20.5 Å². The van der Waals surface area contributed by atoms with E-state index in [1.165, 1.54) is 12.8 Å². The van der Waals surface area contributed by atoms with E-state index in [9.17, 15) is 9.59 Å². The third kappa shape index (κ3) is 4.10. The molecule has 1 fully saturated rings. The Hall–Kier alpha value is -2.34. The van der Waals surface area contributed by atoms with Crippen molar-refractivity contribution in [2.24, 2.45) is 5.92 Å². The molecule has 1 aromatic heterocycles. The maximum atomic E-state index is 12.0. The maximum Gasteiger partial charge on any atom is 0.239 e. The molecule has 2 aromatic rings. The van der Waals surface area contributed by atoms with Crippen molar-refractivity contribution in [1.82, 2.24) is 15.2 Å². The van der Waals surface area contributed by atoms with Crippen LogP contribution in [-0.2, 0) is 16.1 Å². The lowest BCUT2D eigenvalue weighted by atomic mass is 10.2. The van der Waals surface area contributed by atoms with Crippen LogP contribution in [0.4, 0.5) is 5.69 Å². The summed E-state index contributed by atoms with van der Waals surface area (Å²) in [5, 5.41) is 9.73. The minimum Gasteiger partial charge on any atom is -0.358 e. The van der Waals surface area contributed by atoms with Gasteiger partial charge in [-0.05, 0) is 48.9 Å². The third-order valence-corrected chi connectivity index (χ3v) is 4.07. The largest absolute Gasteiger partial charge is 0.358 e. The molecule has 0 radical (unpaired) electrons. The van der Waals surface area contributed by atoms with Crippen molar-refractivity contribution >= 4 is 28.4 Å². The van der Waals surface area contributed by atoms with Crippen LogP contribution in [0.3, 0.4) is 0 Å². The summed E-state index contributed by atoms with van der Waals surface area (Å²) in [6.07, 6.45) is 4.42. The Balaban J connectivity index is 1.64. The predicted molar refractivity (Wildman–Crippen MR) is 90.2 cm³/mol. The van der Waals surface area contributed by atoms with Crippen LogP contribution in [-0.4, -0.2) is 36.5 Å². The summed E-state index contributed by atoms with van der Waals surface area (Å²) in [6, 6.07) is 7.69. The van der Waals surface area contributed by atoms with Gasteiger partial charge in [0, 0.05) is 18.9 Å². The lowest BCUT2D eigenvalue weighted by molar-refractivity contribution is -0.121. The molecule has 0 spiro atoms. The van der Waals surface area contributed by atoms with Gasteiger partial charge in [0.15, 0.2) is 0 Å². The standard InChI is InChI=1S/C17H22N4O2/c1-18-17(23)11-21-7-6-13-4-5-14(8-15(13)21)20-16(22)10-19-9-12-2-3-12/h4-8,12,19H,2-3,9-11H2,1H3,(H,18,23)(H,20,22). The molecule has 3 N–H and O–H groups in total. The molecule has 0 aliphatic heterocycles. The summed E-state index contributed by atoms with van der Waals surface area (Å²) in [4.78, 5) is 23.5. The Bertz CT molecular complexity index is 718. The molecule has 1 saturated carbocycles. The first-order valence-corrected chi connectivity index (χ1v) is 7.96. The lowest BCUT2D eigenvalue weighted by Gasteiger charge is -2.08. The van der Waals surface area contributed by atoms with Crippen LogP contribution in [0, 0.1) is 5.92 Å². The zero-order valence-corrected chi connectivity index (χ0v) is 13.3. The van der Waals surface area contributed by atoms with Crippen LogP contribution in [0.1, 0.15) is 12.8 Å². The van der Waals surface area contributed by atoms with E-state index < -0.39 is 0 Å². The number of rotatable bonds is 7. The molecule has 0 saturated heterocycles. The maximum absolute atomic E-state index is 12.0. The van der Waals surface area contributed by atoms with Gasteiger partial charge in [-0.1, -0.05) is 6.07 Å². The second kappa shape index (κ2) is 6.83. The van der Waals surface area contributed by atoms with Gasteiger partial charge in [-0.15, -0.1) is 0 Å². The first kappa shape index (κ1) is 15.6. The van der Waals surface area contributed by atoms with Gasteiger partial charge in [0.05, 0.1) is 12.1 Å². The molecule has 122 valence electrons. The van der Waals surface area contributed by atoms with Crippen LogP contribution < -0.4 is 16.0 Å². The summed E-state index contributed by atoms with van der Waals surface area (Å²) in [7, 11) is 1.62. The first-order valence-electron chi connectivity index (χ1n) is 7.96. The van der Waals surface area contributed by atoms with Crippen LogP contribution in [0.15, 0.2) is 30.5 Å². The van der Waals surface area contributed by atoms with Gasteiger partial charge in [0.1, 0.15) is 6.54 Å². The quantitative estimate of drug-likeness (QED) is 0.721. The first-order chi connectivity index (χ1) is 11.2. The molecule has 1 aromatic carbocycles. The molecule has 6 heteroatoms. The molecular weight excluding hydrogens is 292 g/mol. The fourth-order valence-corrected chi connectivity index (χ4v) is 2.55. The second-order valence-corrected chi connectivity index (χ2v) is 6.01. The molecule has 6 nitrogen and oxygen atoms in total. The molecule has 1 aliphatic rings. The Morgan fingerprint density at radius 1 is 1.22 bits per heavy atom. The fourth-order valence-electron chi connectivity index (χ4n) is 2.55. The Kier molecular flexibility index (Phi) is 4.62. The molecule has 0 bridgehead atoms. The van der Waals surface area contributed by atoms with Crippen LogP contribution in [0.2, 0.25) is 0 Å². The molecule has 23 heavy (non-hydrogen) atoms. The van der Waals surface area contributed by atoms with Crippen molar-refractivity contribution < 1.29 is 9.59 Å². The van der Waals surface area contributed by atoms with Gasteiger partial charge >= 0.3 is 0 Å². The summed E-state index contributed by atoms with van der Waals surface area (Å²) in [5.41, 5.74) is 1.67. The smallest absolute Gasteiger partial charge is 0.239 e. The zero-order valence-electron chi connectivity index (χ0n) is 13.3. The number of fused-ring (bicyclic) bond motifs is 1. The van der Waals surface area contributed by atoms with Crippen molar-refractivity contribution in [2.75, 3.05) is 25.5 Å². The average molecular weight is 314 g/mol. The molecular formula is C17H22N4O2. The number of nitrogens with zero attached hydrogens (tertiary/aromatic N) is 1. The Morgan fingerprint density at radius 2 is 2.04 bits per heavy atom. The van der Waals surface area contributed by atoms with Gasteiger partial charge in [-0.3, -0.25) is 9.59 Å². The molecule has 1 aliphatic carbocycles. The van der Waals surface area contributed by atoms with Gasteiger partial charge in [0.2, 0.25) is 11.8 Å². The monoisotopic (exact) mass is 314 g/mol. The van der Waals surface area contributed by atoms with E-state index in [1.807, 2.05) is 35.0 Å². The van der Waals surface area contributed by atoms with E-state index >= 15 is 0 Å². The van der Waals surface area contributed by atoms with E-state index in [0.29, 0.717) is 6.54 Å². The number of likely N-dealkylation sites (N-methyl/N-ethyl adjacent to an activating group) is 1. The number of amides is 2. The highest BCUT2D eigenvalue weighted by molar-refractivity contribution is 5.95. The molecule has 1 heterocycles. The normalized spacial score (nSPS) is 14.0. The van der Waals surface area contributed by atoms with Crippen LogP contribution >= 0.6 is 0 Å². The van der Waals surface area contributed by atoms with E-state index in [1.54, 1.807) is 7.05 Å². The highest BCUT2D eigenvalue weighted by Gasteiger charge is 2.20. The minimum atomic E-state index is -0.0544. The summed E-state index contributed by atoms with van der Waals surface area (Å²) < 4.78 is 1.87. The lowest BCUT2D eigenvalue weighted by Crippen LogP contribution is -2.29. The summed E-state index contributed by atoms with van der Waals surface area (Å²) in [5.74, 6) is 0.655. The van der Waals surface area contributed by atoms with E-state index in [2.05, 4.69) is 16.0 Å². The number of hydrogen-bond acceptors (Lipinski definition) is 3. The number of nitrogens with one attached hydrogen (secondary N) is 3. The number of anilines is 1. The van der Waals surface area contributed by atoms with Gasteiger partial charge in [-0.2, -0.15) is 0 Å². The van der Waals surface area contributed by atoms with Crippen molar-refractivity contribution in [2.45, 2.75) is 19.4 Å². The number of hydrogen-bond donors (Lipinski definition) is 3. The molecule has 3 rings (SSSR count). The molecule has 2 amide bonds. The van der Waals surface area contributed by atoms with Crippen LogP contribution in [0.25, 0.3) is 10.9 Å². The topological polar surface area (TPSA) is 75.2 Å². The van der Waals surface area contributed by atoms with Crippen molar-refractivity contribution in [1.29, 1.82) is 0 Å². The average Bonchev–Trinajstić information content (AvgIpc) is 3.28. The summed E-state index contributed by atoms with van der Waals surface area (Å²) >= 11 is 0. The molecule has 0 unspecified atom stereocenters. The number of carbonyl (C=O) groups excluding carboxylic acids is 2. The van der Waals surface area contributed by atoms with E-state index in [4.69, 9.17) is 0 Å². The SMILES string of the molecule is CNC(=O)Cn1ccc2ccc(NC(=O)CNCC3CC3)cc21. The summed E-state index contributed by atoms with van der Waals surface area (Å²) in [6.45, 7) is 1.51. The zero-order chi connectivity index (χ0) is 16.2. The van der Waals surface area contributed by atoms with Crippen LogP contribution in [0.5, 0.6) is 0 Å². The highest BCUT2D eigenvalue weighted by atomic mass is 16.2. The third-order valence-electron chi connectivity index (χ3n) is 4.07. The number of carbonyl (C=O) groups is 2. The fraction of sp³-hybridized carbons (Fsp3) is 0.412. The van der Waals surface area contributed by atoms with E-state index in [-0.39, 0.29) is 18.4 Å². The minimum absolute atomic E-state index is 0.0468. The van der Waals surface area contributed by atoms with Crippen molar-refractivity contribution in [3.63, 3.8) is 0 Å². The highest BCUT2D eigenvalue weighted by Crippen LogP contribution is 2.27. The second-order valence-electron chi connectivity index (χ2n) is 6.01. The van der Waals surface area contributed by atoms with E-state index in [0.717, 1.165) is 29.1 Å². The Morgan fingerprint density at radius 3 is 2.78 bits per heavy atom. The Labute approximate surface area is 135 Å². The van der Waals surface area contributed by atoms with Crippen molar-refractivity contribution in [3.8, 4) is 0 Å². The predicted octanol–water partition coefficient (Wildman–Crippen LogP) is 1.33. The number of aromatic nitrogens is 1. The molecule has 0 atom stereocenters. The van der Waals surface area contributed by atoms with Gasteiger partial charge in [0.25, 0.3) is 0 Å².